The predicted molar refractivity (Wildman–Crippen MR) is 67.4 cm³/mol. The molecule has 3 rings (SSSR count). The Morgan fingerprint density at radius 2 is 2.20 bits per heavy atom. The lowest BCUT2D eigenvalue weighted by molar-refractivity contribution is -0.144. The van der Waals surface area contributed by atoms with Crippen molar-refractivity contribution in [3.8, 4) is 11.4 Å². The van der Waals surface area contributed by atoms with Crippen LogP contribution in [0.25, 0.3) is 11.4 Å². The maximum atomic E-state index is 13.5. The van der Waals surface area contributed by atoms with Gasteiger partial charge in [-0.05, 0) is 31.4 Å². The second kappa shape index (κ2) is 4.40. The van der Waals surface area contributed by atoms with E-state index in [1.54, 1.807) is 19.1 Å². The van der Waals surface area contributed by atoms with E-state index >= 15 is 0 Å². The van der Waals surface area contributed by atoms with Gasteiger partial charge in [0.1, 0.15) is 11.2 Å². The average molecular weight is 276 g/mol. The zero-order valence-electron chi connectivity index (χ0n) is 11.1. The van der Waals surface area contributed by atoms with Crippen LogP contribution in [0.5, 0.6) is 0 Å². The molecule has 1 fully saturated rings. The molecule has 0 unspecified atom stereocenters. The molecule has 6 heteroatoms. The van der Waals surface area contributed by atoms with Gasteiger partial charge in [0.2, 0.25) is 11.7 Å². The Kier molecular flexibility index (Phi) is 2.81. The molecule has 0 bridgehead atoms. The molecule has 5 nitrogen and oxygen atoms in total. The molecule has 2 aromatic rings. The summed E-state index contributed by atoms with van der Waals surface area (Å²) in [4.78, 5) is 15.9. The fraction of sp³-hybridized carbons (Fsp3) is 0.357. The highest BCUT2D eigenvalue weighted by Gasteiger charge is 2.57. The van der Waals surface area contributed by atoms with Gasteiger partial charge in [0.25, 0.3) is 0 Å². The molecule has 1 aliphatic carbocycles. The van der Waals surface area contributed by atoms with E-state index < -0.39 is 5.41 Å². The van der Waals surface area contributed by atoms with Gasteiger partial charge in [-0.15, -0.1) is 0 Å². The van der Waals surface area contributed by atoms with Crippen molar-refractivity contribution >= 4 is 5.97 Å². The molecule has 0 spiro atoms. The summed E-state index contributed by atoms with van der Waals surface area (Å²) < 4.78 is 23.5. The normalized spacial score (nSPS) is 15.9. The van der Waals surface area contributed by atoms with Crippen LogP contribution < -0.4 is 0 Å². The van der Waals surface area contributed by atoms with E-state index in [9.17, 15) is 9.18 Å². The first kappa shape index (κ1) is 12.8. The van der Waals surface area contributed by atoms with Crippen LogP contribution in [0.4, 0.5) is 4.39 Å². The number of carbonyl (C=O) groups excluding carboxylic acids is 1. The van der Waals surface area contributed by atoms with E-state index in [4.69, 9.17) is 9.26 Å². The lowest BCUT2D eigenvalue weighted by Crippen LogP contribution is -2.22. The Morgan fingerprint density at radius 1 is 1.45 bits per heavy atom. The second-order valence-corrected chi connectivity index (χ2v) is 4.96. The molecule has 1 heterocycles. The maximum Gasteiger partial charge on any atom is 0.321 e. The standard InChI is InChI=1S/C14H13FN2O3/c1-8-3-4-9(7-10(8)15)11-16-12(20-17-11)14(5-6-14)13(18)19-2/h3-4,7H,5-6H2,1-2H3. The summed E-state index contributed by atoms with van der Waals surface area (Å²) in [6.45, 7) is 1.68. The number of ether oxygens (including phenoxy) is 1. The Labute approximate surface area is 114 Å². The highest BCUT2D eigenvalue weighted by molar-refractivity contribution is 5.85. The monoisotopic (exact) mass is 276 g/mol. The van der Waals surface area contributed by atoms with Gasteiger partial charge in [0.05, 0.1) is 7.11 Å². The smallest absolute Gasteiger partial charge is 0.321 e. The van der Waals surface area contributed by atoms with Crippen LogP contribution in [-0.4, -0.2) is 23.2 Å². The molecule has 1 saturated carbocycles. The zero-order chi connectivity index (χ0) is 14.3. The molecule has 1 aromatic carbocycles. The summed E-state index contributed by atoms with van der Waals surface area (Å²) in [7, 11) is 1.33. The molecule has 1 aliphatic rings. The zero-order valence-corrected chi connectivity index (χ0v) is 11.1. The van der Waals surface area contributed by atoms with Crippen LogP contribution in [0.15, 0.2) is 22.7 Å². The minimum Gasteiger partial charge on any atom is -0.468 e. The van der Waals surface area contributed by atoms with Gasteiger partial charge in [0, 0.05) is 5.56 Å². The quantitative estimate of drug-likeness (QED) is 0.805. The first-order valence-electron chi connectivity index (χ1n) is 6.26. The molecule has 0 amide bonds. The minimum atomic E-state index is -0.802. The number of rotatable bonds is 3. The highest BCUT2D eigenvalue weighted by Crippen LogP contribution is 2.48. The summed E-state index contributed by atoms with van der Waals surface area (Å²) in [5, 5.41) is 3.82. The fourth-order valence-corrected chi connectivity index (χ4v) is 2.09. The Balaban J connectivity index is 1.94. The maximum absolute atomic E-state index is 13.5. The average Bonchev–Trinajstić information content (AvgIpc) is 3.11. The molecule has 0 radical (unpaired) electrons. The number of esters is 1. The van der Waals surface area contributed by atoms with Crippen LogP contribution in [-0.2, 0) is 14.9 Å². The second-order valence-electron chi connectivity index (χ2n) is 4.96. The number of halogens is 1. The minimum absolute atomic E-state index is 0.236. The van der Waals surface area contributed by atoms with Crippen molar-refractivity contribution in [2.24, 2.45) is 0 Å². The number of hydrogen-bond donors (Lipinski definition) is 0. The molecule has 0 saturated heterocycles. The van der Waals surface area contributed by atoms with Gasteiger partial charge in [-0.1, -0.05) is 17.3 Å². The SMILES string of the molecule is COC(=O)C1(c2nc(-c3ccc(C)c(F)c3)no2)CC1. The molecule has 20 heavy (non-hydrogen) atoms. The third kappa shape index (κ3) is 1.88. The summed E-state index contributed by atoms with van der Waals surface area (Å²) in [5.74, 6) is -0.194. The van der Waals surface area contributed by atoms with E-state index in [0.717, 1.165) is 0 Å². The molecular formula is C14H13FN2O3. The lowest BCUT2D eigenvalue weighted by Gasteiger charge is -2.05. The molecular weight excluding hydrogens is 263 g/mol. The van der Waals surface area contributed by atoms with E-state index in [2.05, 4.69) is 10.1 Å². The van der Waals surface area contributed by atoms with Gasteiger partial charge >= 0.3 is 5.97 Å². The molecule has 0 atom stereocenters. The van der Waals surface area contributed by atoms with Crippen LogP contribution >= 0.6 is 0 Å². The molecule has 104 valence electrons. The van der Waals surface area contributed by atoms with Crippen molar-refractivity contribution in [3.63, 3.8) is 0 Å². The van der Waals surface area contributed by atoms with Crippen molar-refractivity contribution in [2.45, 2.75) is 25.2 Å². The van der Waals surface area contributed by atoms with Crippen molar-refractivity contribution in [1.29, 1.82) is 0 Å². The topological polar surface area (TPSA) is 65.2 Å². The Bertz CT molecular complexity index is 677. The van der Waals surface area contributed by atoms with Crippen molar-refractivity contribution in [2.75, 3.05) is 7.11 Å². The first-order valence-corrected chi connectivity index (χ1v) is 6.26. The number of benzene rings is 1. The number of hydrogen-bond acceptors (Lipinski definition) is 5. The van der Waals surface area contributed by atoms with Gasteiger partial charge in [-0.25, -0.2) is 4.39 Å². The van der Waals surface area contributed by atoms with Crippen LogP contribution in [0.1, 0.15) is 24.3 Å². The number of aryl methyl sites for hydroxylation is 1. The van der Waals surface area contributed by atoms with Crippen molar-refractivity contribution in [1.82, 2.24) is 10.1 Å². The van der Waals surface area contributed by atoms with Crippen molar-refractivity contribution in [3.05, 3.63) is 35.5 Å². The van der Waals surface area contributed by atoms with E-state index in [0.29, 0.717) is 24.0 Å². The van der Waals surface area contributed by atoms with Gasteiger partial charge in [-0.2, -0.15) is 4.98 Å². The third-order valence-electron chi connectivity index (χ3n) is 3.59. The van der Waals surface area contributed by atoms with Gasteiger partial charge in [-0.3, -0.25) is 4.79 Å². The van der Waals surface area contributed by atoms with Crippen LogP contribution in [0.3, 0.4) is 0 Å². The number of nitrogens with zero attached hydrogens (tertiary/aromatic N) is 2. The summed E-state index contributed by atoms with van der Waals surface area (Å²) >= 11 is 0. The molecule has 1 aromatic heterocycles. The number of methoxy groups -OCH3 is 1. The molecule has 0 N–H and O–H groups in total. The number of carbonyl (C=O) groups is 1. The third-order valence-corrected chi connectivity index (χ3v) is 3.59. The highest BCUT2D eigenvalue weighted by atomic mass is 19.1. The lowest BCUT2D eigenvalue weighted by atomic mass is 10.1. The number of aromatic nitrogens is 2. The van der Waals surface area contributed by atoms with Crippen molar-refractivity contribution < 1.29 is 18.4 Å². The Morgan fingerprint density at radius 3 is 2.80 bits per heavy atom. The summed E-state index contributed by atoms with van der Waals surface area (Å²) in [6, 6.07) is 4.71. The van der Waals surface area contributed by atoms with Gasteiger partial charge < -0.3 is 9.26 Å². The van der Waals surface area contributed by atoms with E-state index in [1.165, 1.54) is 13.2 Å². The van der Waals surface area contributed by atoms with E-state index in [-0.39, 0.29) is 23.5 Å². The van der Waals surface area contributed by atoms with Crippen LogP contribution in [0.2, 0.25) is 0 Å². The Hall–Kier alpha value is -2.24. The summed E-state index contributed by atoms with van der Waals surface area (Å²) in [5.41, 5.74) is 0.262. The molecule has 0 aliphatic heterocycles. The fourth-order valence-electron chi connectivity index (χ4n) is 2.09. The summed E-state index contributed by atoms with van der Waals surface area (Å²) in [6.07, 6.45) is 1.26. The van der Waals surface area contributed by atoms with E-state index in [1.807, 2.05) is 0 Å². The predicted octanol–water partition coefficient (Wildman–Crippen LogP) is 2.39. The largest absolute Gasteiger partial charge is 0.468 e. The van der Waals surface area contributed by atoms with Crippen LogP contribution in [0, 0.1) is 12.7 Å². The van der Waals surface area contributed by atoms with Gasteiger partial charge in [0.15, 0.2) is 0 Å². The first-order chi connectivity index (χ1) is 9.56.